The maximum absolute atomic E-state index is 12.8. The zero-order chi connectivity index (χ0) is 16.0. The van der Waals surface area contributed by atoms with Crippen LogP contribution in [-0.4, -0.2) is 25.8 Å². The molecule has 0 saturated heterocycles. The minimum atomic E-state index is -3.66. The topological polar surface area (TPSA) is 37.4 Å². The Labute approximate surface area is 142 Å². The summed E-state index contributed by atoms with van der Waals surface area (Å²) < 4.78 is 27.0. The third-order valence-electron chi connectivity index (χ3n) is 3.11. The molecule has 0 aliphatic carbocycles. The Morgan fingerprint density at radius 1 is 0.905 bits per heavy atom. The van der Waals surface area contributed by atoms with Crippen LogP contribution < -0.4 is 0 Å². The van der Waals surface area contributed by atoms with E-state index in [1.807, 2.05) is 13.8 Å². The molecule has 1 aromatic rings. The fraction of sp³-hybridized carbons (Fsp3) is 0.571. The number of sulfonamides is 1. The van der Waals surface area contributed by atoms with Crippen LogP contribution in [0.15, 0.2) is 17.0 Å². The Bertz CT molecular complexity index is 568. The van der Waals surface area contributed by atoms with Gasteiger partial charge in [0.05, 0.1) is 15.1 Å². The molecule has 3 nitrogen and oxygen atoms in total. The van der Waals surface area contributed by atoms with Crippen molar-refractivity contribution in [3.63, 3.8) is 0 Å². The molecule has 0 radical (unpaired) electrons. The molecule has 0 N–H and O–H groups in total. The first-order valence-electron chi connectivity index (χ1n) is 6.99. The zero-order valence-electron chi connectivity index (χ0n) is 12.2. The lowest BCUT2D eigenvalue weighted by Gasteiger charge is -2.22. The third kappa shape index (κ3) is 5.00. The lowest BCUT2D eigenvalue weighted by Crippen LogP contribution is -2.33. The molecule has 0 unspecified atom stereocenters. The van der Waals surface area contributed by atoms with E-state index < -0.39 is 10.0 Å². The molecule has 0 heterocycles. The maximum atomic E-state index is 12.8. The van der Waals surface area contributed by atoms with Gasteiger partial charge in [0.1, 0.15) is 4.90 Å². The van der Waals surface area contributed by atoms with Gasteiger partial charge < -0.3 is 0 Å². The Morgan fingerprint density at radius 2 is 1.38 bits per heavy atom. The van der Waals surface area contributed by atoms with Crippen molar-refractivity contribution in [1.82, 2.24) is 4.31 Å². The quantitative estimate of drug-likeness (QED) is 0.585. The van der Waals surface area contributed by atoms with E-state index in [1.54, 1.807) is 0 Å². The van der Waals surface area contributed by atoms with E-state index in [0.29, 0.717) is 13.1 Å². The summed E-state index contributed by atoms with van der Waals surface area (Å²) in [5, 5.41) is 0.530. The fourth-order valence-corrected chi connectivity index (χ4v) is 4.36. The van der Waals surface area contributed by atoms with Gasteiger partial charge in [0.15, 0.2) is 0 Å². The first kappa shape index (κ1) is 19.0. The van der Waals surface area contributed by atoms with Crippen molar-refractivity contribution in [3.8, 4) is 0 Å². The number of nitrogens with zero attached hydrogens (tertiary/aromatic N) is 1. The summed E-state index contributed by atoms with van der Waals surface area (Å²) in [5.74, 6) is 0. The standard InChI is InChI=1S/C14H20Cl3NO2S/c1-3-5-7-18(8-6-4-2)21(19,20)14-10-12(16)11(15)9-13(14)17/h9-10H,3-8H2,1-2H3. The predicted molar refractivity (Wildman–Crippen MR) is 90.0 cm³/mol. The summed E-state index contributed by atoms with van der Waals surface area (Å²) in [5.41, 5.74) is 0. The number of rotatable bonds is 8. The highest BCUT2D eigenvalue weighted by Crippen LogP contribution is 2.33. The number of hydrogen-bond donors (Lipinski definition) is 0. The fourth-order valence-electron chi connectivity index (χ4n) is 1.86. The zero-order valence-corrected chi connectivity index (χ0v) is 15.3. The number of benzene rings is 1. The second kappa shape index (κ2) is 8.59. The first-order chi connectivity index (χ1) is 9.84. The number of unbranched alkanes of at least 4 members (excludes halogenated alkanes) is 2. The van der Waals surface area contributed by atoms with Crippen molar-refractivity contribution in [1.29, 1.82) is 0 Å². The smallest absolute Gasteiger partial charge is 0.207 e. The van der Waals surface area contributed by atoms with Gasteiger partial charge in [-0.25, -0.2) is 8.42 Å². The molecule has 0 bridgehead atoms. The molecule has 1 aromatic carbocycles. The summed E-state index contributed by atoms with van der Waals surface area (Å²) in [4.78, 5) is 0.0192. The SMILES string of the molecule is CCCCN(CCCC)S(=O)(=O)c1cc(Cl)c(Cl)cc1Cl. The minimum absolute atomic E-state index is 0.0192. The van der Waals surface area contributed by atoms with Gasteiger partial charge >= 0.3 is 0 Å². The number of hydrogen-bond acceptors (Lipinski definition) is 2. The molecule has 0 aliphatic rings. The summed E-state index contributed by atoms with van der Waals surface area (Å²) in [6, 6.07) is 2.70. The van der Waals surface area contributed by atoms with Crippen molar-refractivity contribution in [2.45, 2.75) is 44.4 Å². The molecular weight excluding hydrogens is 353 g/mol. The van der Waals surface area contributed by atoms with Gasteiger partial charge in [-0.3, -0.25) is 0 Å². The molecule has 21 heavy (non-hydrogen) atoms. The van der Waals surface area contributed by atoms with Crippen LogP contribution in [0, 0.1) is 0 Å². The van der Waals surface area contributed by atoms with E-state index in [-0.39, 0.29) is 20.0 Å². The molecule has 1 rings (SSSR count). The van der Waals surface area contributed by atoms with Crippen LogP contribution in [0.25, 0.3) is 0 Å². The molecule has 0 atom stereocenters. The highest BCUT2D eigenvalue weighted by Gasteiger charge is 2.26. The van der Waals surface area contributed by atoms with Crippen LogP contribution in [-0.2, 0) is 10.0 Å². The van der Waals surface area contributed by atoms with Crippen LogP contribution in [0.1, 0.15) is 39.5 Å². The molecule has 0 fully saturated rings. The largest absolute Gasteiger partial charge is 0.244 e. The van der Waals surface area contributed by atoms with Crippen molar-refractivity contribution in [2.75, 3.05) is 13.1 Å². The van der Waals surface area contributed by atoms with E-state index >= 15 is 0 Å². The van der Waals surface area contributed by atoms with Gasteiger partial charge in [0.2, 0.25) is 10.0 Å². The van der Waals surface area contributed by atoms with Gasteiger partial charge in [-0.1, -0.05) is 61.5 Å². The van der Waals surface area contributed by atoms with Gasteiger partial charge in [-0.05, 0) is 25.0 Å². The van der Waals surface area contributed by atoms with E-state index in [1.165, 1.54) is 16.4 Å². The van der Waals surface area contributed by atoms with Gasteiger partial charge in [0.25, 0.3) is 0 Å². The van der Waals surface area contributed by atoms with Crippen LogP contribution in [0.4, 0.5) is 0 Å². The molecule has 120 valence electrons. The van der Waals surface area contributed by atoms with Gasteiger partial charge in [-0.15, -0.1) is 0 Å². The van der Waals surface area contributed by atoms with Crippen LogP contribution in [0.5, 0.6) is 0 Å². The van der Waals surface area contributed by atoms with E-state index in [4.69, 9.17) is 34.8 Å². The summed E-state index contributed by atoms with van der Waals surface area (Å²) in [6.07, 6.45) is 3.46. The lowest BCUT2D eigenvalue weighted by atomic mass is 10.3. The second-order valence-corrected chi connectivity index (χ2v) is 7.94. The summed E-state index contributed by atoms with van der Waals surface area (Å²) in [7, 11) is -3.66. The molecule has 0 spiro atoms. The maximum Gasteiger partial charge on any atom is 0.244 e. The monoisotopic (exact) mass is 371 g/mol. The highest BCUT2D eigenvalue weighted by atomic mass is 35.5. The van der Waals surface area contributed by atoms with E-state index in [2.05, 4.69) is 0 Å². The average molecular weight is 373 g/mol. The van der Waals surface area contributed by atoms with Crippen LogP contribution >= 0.6 is 34.8 Å². The minimum Gasteiger partial charge on any atom is -0.207 e. The lowest BCUT2D eigenvalue weighted by molar-refractivity contribution is 0.395. The van der Waals surface area contributed by atoms with Crippen molar-refractivity contribution in [2.24, 2.45) is 0 Å². The van der Waals surface area contributed by atoms with E-state index in [9.17, 15) is 8.42 Å². The first-order valence-corrected chi connectivity index (χ1v) is 9.56. The predicted octanol–water partition coefficient (Wildman–Crippen LogP) is 5.24. The summed E-state index contributed by atoms with van der Waals surface area (Å²) in [6.45, 7) is 5.01. The highest BCUT2D eigenvalue weighted by molar-refractivity contribution is 7.89. The normalized spacial score (nSPS) is 12.1. The molecule has 0 aliphatic heterocycles. The average Bonchev–Trinajstić information content (AvgIpc) is 2.42. The van der Waals surface area contributed by atoms with Crippen LogP contribution in [0.2, 0.25) is 15.1 Å². The molecule has 7 heteroatoms. The molecule has 0 aromatic heterocycles. The van der Waals surface area contributed by atoms with E-state index in [0.717, 1.165) is 25.7 Å². The molecule has 0 saturated carbocycles. The Morgan fingerprint density at radius 3 is 1.86 bits per heavy atom. The Kier molecular flexibility index (Phi) is 7.79. The molecular formula is C14H20Cl3NO2S. The molecule has 0 amide bonds. The number of halogens is 3. The third-order valence-corrected chi connectivity index (χ3v) is 6.20. The van der Waals surface area contributed by atoms with Crippen molar-refractivity contribution < 1.29 is 8.42 Å². The Hall–Kier alpha value is -0.000000000000000111. The van der Waals surface area contributed by atoms with Crippen LogP contribution in [0.3, 0.4) is 0 Å². The summed E-state index contributed by atoms with van der Waals surface area (Å²) >= 11 is 17.8. The Balaban J connectivity index is 3.18. The van der Waals surface area contributed by atoms with Gasteiger partial charge in [0, 0.05) is 13.1 Å². The van der Waals surface area contributed by atoms with Crippen molar-refractivity contribution in [3.05, 3.63) is 27.2 Å². The second-order valence-electron chi connectivity index (χ2n) is 4.81. The van der Waals surface area contributed by atoms with Crippen molar-refractivity contribution >= 4 is 44.8 Å². The van der Waals surface area contributed by atoms with Gasteiger partial charge in [-0.2, -0.15) is 4.31 Å².